The number of nitrogens with two attached hydrogens (primary N) is 1. The van der Waals surface area contributed by atoms with E-state index >= 15 is 0 Å². The molecule has 35 heavy (non-hydrogen) atoms. The van der Waals surface area contributed by atoms with Gasteiger partial charge in [-0.25, -0.2) is 9.78 Å². The maximum atomic E-state index is 13.0. The Kier molecular flexibility index (Phi) is 8.85. The van der Waals surface area contributed by atoms with Gasteiger partial charge in [0.25, 0.3) is 5.91 Å². The molecule has 2 aliphatic rings. The Morgan fingerprint density at radius 1 is 1.20 bits per heavy atom. The van der Waals surface area contributed by atoms with Crippen LogP contribution in [0, 0.1) is 5.92 Å². The number of carbonyl (C=O) groups excluding carboxylic acids is 2. The Hall–Kier alpha value is -3.41. The summed E-state index contributed by atoms with van der Waals surface area (Å²) in [5.41, 5.74) is 6.19. The fourth-order valence-electron chi connectivity index (χ4n) is 3.40. The molecule has 1 aromatic heterocycles. The van der Waals surface area contributed by atoms with Gasteiger partial charge < -0.3 is 29.3 Å². The summed E-state index contributed by atoms with van der Waals surface area (Å²) in [6, 6.07) is 4.30. The maximum Gasteiger partial charge on any atom is 0.410 e. The Labute approximate surface area is 201 Å². The lowest BCUT2D eigenvalue weighted by molar-refractivity contribution is -0.0515. The van der Waals surface area contributed by atoms with Gasteiger partial charge in [0.05, 0.1) is 26.9 Å². The highest BCUT2D eigenvalue weighted by Crippen LogP contribution is 2.36. The standard InChI is InChI=1S/C21H24F2N4O6.C2H6/c1-30-21(29)27-7-6-26(11-27)19(28)17-16(9-24)32-18(25-17)13-4-5-14(33-20(22)23)15(8-13)31-10-12-2-3-12;1-2/h4-5,8,12,20H,2-3,6-7,9-11,24H2,1H3;1-2H3. The van der Waals surface area contributed by atoms with Crippen LogP contribution in [0.15, 0.2) is 22.6 Å². The number of benzene rings is 1. The number of nitrogens with zero attached hydrogens (tertiary/aromatic N) is 3. The van der Waals surface area contributed by atoms with E-state index in [1.807, 2.05) is 13.8 Å². The van der Waals surface area contributed by atoms with Gasteiger partial charge in [-0.15, -0.1) is 0 Å². The van der Waals surface area contributed by atoms with Crippen LogP contribution in [0.3, 0.4) is 0 Å². The van der Waals surface area contributed by atoms with Gasteiger partial charge in [-0.2, -0.15) is 8.78 Å². The van der Waals surface area contributed by atoms with Crippen LogP contribution in [0.4, 0.5) is 13.6 Å². The van der Waals surface area contributed by atoms with Gasteiger partial charge in [-0.1, -0.05) is 13.8 Å². The first kappa shape index (κ1) is 26.2. The summed E-state index contributed by atoms with van der Waals surface area (Å²) >= 11 is 0. The van der Waals surface area contributed by atoms with Crippen LogP contribution in [-0.4, -0.2) is 66.9 Å². The summed E-state index contributed by atoms with van der Waals surface area (Å²) in [6.07, 6.45) is 1.52. The second-order valence-electron chi connectivity index (χ2n) is 7.73. The molecule has 0 atom stereocenters. The highest BCUT2D eigenvalue weighted by atomic mass is 19.3. The summed E-state index contributed by atoms with van der Waals surface area (Å²) in [5, 5.41) is 0. The van der Waals surface area contributed by atoms with Crippen LogP contribution in [0.5, 0.6) is 11.5 Å². The number of hydrogen-bond donors (Lipinski definition) is 1. The van der Waals surface area contributed by atoms with E-state index in [0.717, 1.165) is 12.8 Å². The average Bonchev–Trinajstić information content (AvgIpc) is 3.39. The van der Waals surface area contributed by atoms with E-state index in [9.17, 15) is 18.4 Å². The summed E-state index contributed by atoms with van der Waals surface area (Å²) in [4.78, 5) is 31.8. The van der Waals surface area contributed by atoms with Crippen molar-refractivity contribution in [2.24, 2.45) is 11.7 Å². The highest BCUT2D eigenvalue weighted by Gasteiger charge is 2.32. The minimum absolute atomic E-state index is 0.0209. The predicted molar refractivity (Wildman–Crippen MR) is 121 cm³/mol. The number of alkyl halides is 2. The topological polar surface area (TPSA) is 120 Å². The summed E-state index contributed by atoms with van der Waals surface area (Å²) < 4.78 is 46.2. The van der Waals surface area contributed by atoms with Gasteiger partial charge in [0, 0.05) is 18.7 Å². The van der Waals surface area contributed by atoms with Crippen LogP contribution < -0.4 is 15.2 Å². The van der Waals surface area contributed by atoms with Gasteiger partial charge in [-0.3, -0.25) is 9.69 Å². The van der Waals surface area contributed by atoms with Gasteiger partial charge in [-0.05, 0) is 37.0 Å². The lowest BCUT2D eigenvalue weighted by atomic mass is 10.2. The minimum atomic E-state index is -3.00. The SMILES string of the molecule is CC.COC(=O)N1CCN(C(=O)c2nc(-c3ccc(OC(F)F)c(OCC4CC4)c3)oc2CN)C1. The van der Waals surface area contributed by atoms with Crippen molar-refractivity contribution in [2.75, 3.05) is 33.5 Å². The number of oxazole rings is 1. The number of rotatable bonds is 8. The third-order valence-corrected chi connectivity index (χ3v) is 5.36. The fraction of sp³-hybridized carbons (Fsp3) is 0.522. The third-order valence-electron chi connectivity index (χ3n) is 5.36. The summed E-state index contributed by atoms with van der Waals surface area (Å²) in [7, 11) is 1.27. The lowest BCUT2D eigenvalue weighted by Gasteiger charge is -2.16. The van der Waals surface area contributed by atoms with E-state index in [4.69, 9.17) is 14.9 Å². The molecular formula is C23H30F2N4O6. The average molecular weight is 497 g/mol. The van der Waals surface area contributed by atoms with E-state index in [1.54, 1.807) is 0 Å². The van der Waals surface area contributed by atoms with Crippen LogP contribution >= 0.6 is 0 Å². The molecule has 4 rings (SSSR count). The van der Waals surface area contributed by atoms with Crippen molar-refractivity contribution in [1.29, 1.82) is 0 Å². The van der Waals surface area contributed by atoms with Gasteiger partial charge in [0.2, 0.25) is 5.89 Å². The normalized spacial score (nSPS) is 15.1. The highest BCUT2D eigenvalue weighted by molar-refractivity contribution is 5.94. The number of ether oxygens (including phenoxy) is 3. The molecule has 1 saturated carbocycles. The minimum Gasteiger partial charge on any atom is -0.489 e. The zero-order chi connectivity index (χ0) is 25.5. The number of halogens is 2. The second kappa shape index (κ2) is 11.8. The van der Waals surface area contributed by atoms with Crippen molar-refractivity contribution < 1.29 is 37.0 Å². The van der Waals surface area contributed by atoms with Crippen molar-refractivity contribution in [1.82, 2.24) is 14.8 Å². The second-order valence-corrected chi connectivity index (χ2v) is 7.73. The van der Waals surface area contributed by atoms with E-state index in [-0.39, 0.29) is 42.1 Å². The molecular weight excluding hydrogens is 466 g/mol. The molecule has 0 bridgehead atoms. The first-order chi connectivity index (χ1) is 16.9. The Morgan fingerprint density at radius 2 is 1.91 bits per heavy atom. The molecule has 1 aromatic carbocycles. The molecule has 2 fully saturated rings. The van der Waals surface area contributed by atoms with Crippen LogP contribution in [0.1, 0.15) is 42.9 Å². The number of methoxy groups -OCH3 is 1. The van der Waals surface area contributed by atoms with Crippen molar-refractivity contribution in [3.05, 3.63) is 29.7 Å². The molecule has 1 saturated heterocycles. The Balaban J connectivity index is 0.00000167. The molecule has 0 spiro atoms. The molecule has 12 heteroatoms. The van der Waals surface area contributed by atoms with Crippen molar-refractivity contribution in [3.63, 3.8) is 0 Å². The molecule has 2 N–H and O–H groups in total. The van der Waals surface area contributed by atoms with Crippen LogP contribution in [0.2, 0.25) is 0 Å². The van der Waals surface area contributed by atoms with Crippen LogP contribution in [0.25, 0.3) is 11.5 Å². The number of carbonyl (C=O) groups is 2. The monoisotopic (exact) mass is 496 g/mol. The largest absolute Gasteiger partial charge is 0.489 e. The zero-order valence-corrected chi connectivity index (χ0v) is 20.0. The zero-order valence-electron chi connectivity index (χ0n) is 20.0. The summed E-state index contributed by atoms with van der Waals surface area (Å²) in [5.74, 6) is 0.236. The molecule has 192 valence electrons. The van der Waals surface area contributed by atoms with E-state index in [0.29, 0.717) is 31.2 Å². The quantitative estimate of drug-likeness (QED) is 0.587. The van der Waals surface area contributed by atoms with E-state index in [1.165, 1.54) is 35.1 Å². The molecule has 1 aliphatic carbocycles. The first-order valence-corrected chi connectivity index (χ1v) is 11.4. The van der Waals surface area contributed by atoms with Gasteiger partial charge in [0.1, 0.15) is 0 Å². The third kappa shape index (κ3) is 6.38. The Morgan fingerprint density at radius 3 is 2.54 bits per heavy atom. The first-order valence-electron chi connectivity index (χ1n) is 11.4. The van der Waals surface area contributed by atoms with Crippen molar-refractivity contribution in [3.8, 4) is 23.0 Å². The predicted octanol–water partition coefficient (Wildman–Crippen LogP) is 3.70. The van der Waals surface area contributed by atoms with E-state index in [2.05, 4.69) is 14.5 Å². The van der Waals surface area contributed by atoms with Crippen molar-refractivity contribution >= 4 is 12.0 Å². The maximum absolute atomic E-state index is 13.0. The number of amides is 2. The smallest absolute Gasteiger partial charge is 0.410 e. The lowest BCUT2D eigenvalue weighted by Crippen LogP contribution is -2.34. The number of aromatic nitrogens is 1. The molecule has 2 heterocycles. The van der Waals surface area contributed by atoms with Gasteiger partial charge >= 0.3 is 12.7 Å². The molecule has 2 amide bonds. The van der Waals surface area contributed by atoms with E-state index < -0.39 is 18.6 Å². The molecule has 0 radical (unpaired) electrons. The fourth-order valence-corrected chi connectivity index (χ4v) is 3.40. The van der Waals surface area contributed by atoms with Gasteiger partial charge in [0.15, 0.2) is 23.0 Å². The van der Waals surface area contributed by atoms with Crippen LogP contribution in [-0.2, 0) is 11.3 Å². The number of hydrogen-bond acceptors (Lipinski definition) is 8. The molecule has 2 aromatic rings. The molecule has 0 unspecified atom stereocenters. The molecule has 10 nitrogen and oxygen atoms in total. The van der Waals surface area contributed by atoms with Crippen molar-refractivity contribution in [2.45, 2.75) is 39.8 Å². The summed E-state index contributed by atoms with van der Waals surface area (Å²) in [6.45, 7) is 1.99. The Bertz CT molecular complexity index is 1030. The molecule has 1 aliphatic heterocycles.